The monoisotopic (exact) mass is 293 g/mol. The molecule has 21 heavy (non-hydrogen) atoms. The van der Waals surface area contributed by atoms with Crippen molar-refractivity contribution in [3.05, 3.63) is 35.6 Å². The molecule has 0 aromatic heterocycles. The molecular weight excluding hydrogens is 273 g/mol. The molecule has 0 radical (unpaired) electrons. The Morgan fingerprint density at radius 2 is 1.71 bits per heavy atom. The number of nitrogens with zero attached hydrogens (tertiary/aromatic N) is 1. The van der Waals surface area contributed by atoms with Gasteiger partial charge in [0, 0.05) is 19.6 Å². The van der Waals surface area contributed by atoms with E-state index in [0.717, 1.165) is 37.9 Å². The molecule has 0 bridgehead atoms. The van der Waals surface area contributed by atoms with Crippen LogP contribution in [0.4, 0.5) is 9.18 Å². The van der Waals surface area contributed by atoms with Crippen molar-refractivity contribution in [3.8, 4) is 0 Å². The first-order valence-electron chi connectivity index (χ1n) is 7.19. The molecule has 2 rings (SSSR count). The van der Waals surface area contributed by atoms with E-state index in [-0.39, 0.29) is 18.3 Å². The number of urea groups is 1. The van der Waals surface area contributed by atoms with Crippen molar-refractivity contribution in [2.75, 3.05) is 19.6 Å². The van der Waals surface area contributed by atoms with Crippen molar-refractivity contribution in [1.82, 2.24) is 15.5 Å². The average Bonchev–Trinajstić information content (AvgIpc) is 2.53. The number of nitrogens with one attached hydrogen (secondary N) is 2. The third kappa shape index (κ3) is 5.06. The molecule has 2 N–H and O–H groups in total. The Kier molecular flexibility index (Phi) is 5.54. The van der Waals surface area contributed by atoms with E-state index in [4.69, 9.17) is 0 Å². The second-order valence-electron chi connectivity index (χ2n) is 5.10. The summed E-state index contributed by atoms with van der Waals surface area (Å²) in [5, 5.41) is 5.18. The molecule has 1 aliphatic heterocycles. The fraction of sp³-hybridized carbons (Fsp3) is 0.467. The summed E-state index contributed by atoms with van der Waals surface area (Å²) in [5.41, 5.74) is 0.800. The lowest BCUT2D eigenvalue weighted by Crippen LogP contribution is -2.45. The summed E-state index contributed by atoms with van der Waals surface area (Å²) < 4.78 is 12.7. The molecule has 0 spiro atoms. The highest BCUT2D eigenvalue weighted by molar-refractivity contribution is 5.84. The van der Waals surface area contributed by atoms with Crippen LogP contribution in [-0.4, -0.2) is 36.5 Å². The smallest absolute Gasteiger partial charge is 0.315 e. The fourth-order valence-corrected chi connectivity index (χ4v) is 2.26. The fourth-order valence-electron chi connectivity index (χ4n) is 2.26. The highest BCUT2D eigenvalue weighted by Gasteiger charge is 2.16. The van der Waals surface area contributed by atoms with Crippen LogP contribution in [0.3, 0.4) is 0 Å². The highest BCUT2D eigenvalue weighted by atomic mass is 19.1. The molecule has 114 valence electrons. The molecule has 6 heteroatoms. The van der Waals surface area contributed by atoms with Crippen LogP contribution in [0.25, 0.3) is 0 Å². The largest absolute Gasteiger partial charge is 0.341 e. The van der Waals surface area contributed by atoms with Gasteiger partial charge in [-0.1, -0.05) is 12.1 Å². The quantitative estimate of drug-likeness (QED) is 0.886. The van der Waals surface area contributed by atoms with Crippen molar-refractivity contribution < 1.29 is 14.0 Å². The maximum absolute atomic E-state index is 12.7. The number of halogens is 1. The second kappa shape index (κ2) is 7.61. The zero-order valence-electron chi connectivity index (χ0n) is 11.9. The van der Waals surface area contributed by atoms with Crippen molar-refractivity contribution in [3.63, 3.8) is 0 Å². The van der Waals surface area contributed by atoms with E-state index < -0.39 is 6.03 Å². The molecule has 1 aromatic carbocycles. The lowest BCUT2D eigenvalue weighted by molar-refractivity contribution is -0.130. The van der Waals surface area contributed by atoms with Crippen molar-refractivity contribution >= 4 is 11.9 Å². The Labute approximate surface area is 123 Å². The van der Waals surface area contributed by atoms with Gasteiger partial charge in [0.15, 0.2) is 0 Å². The van der Waals surface area contributed by atoms with E-state index in [1.807, 2.05) is 0 Å². The molecule has 0 atom stereocenters. The van der Waals surface area contributed by atoms with Gasteiger partial charge >= 0.3 is 6.03 Å². The summed E-state index contributed by atoms with van der Waals surface area (Å²) in [5.74, 6) is -0.359. The number of hydrogen-bond donors (Lipinski definition) is 2. The first-order valence-corrected chi connectivity index (χ1v) is 7.19. The summed E-state index contributed by atoms with van der Waals surface area (Å²) in [4.78, 5) is 25.2. The van der Waals surface area contributed by atoms with Gasteiger partial charge in [0.25, 0.3) is 0 Å². The normalized spacial score (nSPS) is 14.6. The number of hydrogen-bond acceptors (Lipinski definition) is 2. The maximum Gasteiger partial charge on any atom is 0.315 e. The zero-order valence-corrected chi connectivity index (χ0v) is 11.9. The Bertz CT molecular complexity index is 484. The van der Waals surface area contributed by atoms with Crippen LogP contribution in [-0.2, 0) is 11.3 Å². The van der Waals surface area contributed by atoms with Gasteiger partial charge in [0.1, 0.15) is 5.82 Å². The summed E-state index contributed by atoms with van der Waals surface area (Å²) in [7, 11) is 0. The Morgan fingerprint density at radius 1 is 1.05 bits per heavy atom. The molecule has 1 aliphatic rings. The maximum atomic E-state index is 12.7. The minimum atomic E-state index is -0.398. The van der Waals surface area contributed by atoms with E-state index in [2.05, 4.69) is 10.6 Å². The van der Waals surface area contributed by atoms with Gasteiger partial charge in [-0.15, -0.1) is 0 Å². The van der Waals surface area contributed by atoms with Crippen LogP contribution in [0.2, 0.25) is 0 Å². The van der Waals surface area contributed by atoms with Gasteiger partial charge in [-0.25, -0.2) is 9.18 Å². The number of carbonyl (C=O) groups excluding carboxylic acids is 2. The summed E-state index contributed by atoms with van der Waals surface area (Å²) in [6, 6.07) is 5.50. The standard InChI is InChI=1S/C15H20FN3O2/c16-13-6-4-12(5-7-13)10-17-15(21)18-11-14(20)19-8-2-1-3-9-19/h4-7H,1-3,8-11H2,(H2,17,18,21). The van der Waals surface area contributed by atoms with E-state index in [0.29, 0.717) is 6.54 Å². The molecule has 1 saturated heterocycles. The second-order valence-corrected chi connectivity index (χ2v) is 5.10. The van der Waals surface area contributed by atoms with Gasteiger partial charge < -0.3 is 15.5 Å². The predicted octanol–water partition coefficient (Wildman–Crippen LogP) is 1.64. The predicted molar refractivity (Wildman–Crippen MR) is 77.1 cm³/mol. The van der Waals surface area contributed by atoms with E-state index in [9.17, 15) is 14.0 Å². The lowest BCUT2D eigenvalue weighted by atomic mass is 10.1. The van der Waals surface area contributed by atoms with Gasteiger partial charge in [-0.3, -0.25) is 4.79 Å². The Morgan fingerprint density at radius 3 is 2.38 bits per heavy atom. The van der Waals surface area contributed by atoms with Crippen molar-refractivity contribution in [2.24, 2.45) is 0 Å². The van der Waals surface area contributed by atoms with Crippen LogP contribution < -0.4 is 10.6 Å². The number of rotatable bonds is 4. The third-order valence-electron chi connectivity index (χ3n) is 3.48. The number of likely N-dealkylation sites (tertiary alicyclic amines) is 1. The molecular formula is C15H20FN3O2. The SMILES string of the molecule is O=C(NCC(=O)N1CCCCC1)NCc1ccc(F)cc1. The topological polar surface area (TPSA) is 61.4 Å². The molecule has 1 aromatic rings. The zero-order chi connectivity index (χ0) is 15.1. The van der Waals surface area contributed by atoms with E-state index >= 15 is 0 Å². The van der Waals surface area contributed by atoms with E-state index in [1.54, 1.807) is 17.0 Å². The Balaban J connectivity index is 1.67. The van der Waals surface area contributed by atoms with Crippen LogP contribution in [0, 0.1) is 5.82 Å². The molecule has 3 amide bonds. The number of piperidine rings is 1. The van der Waals surface area contributed by atoms with Crippen molar-refractivity contribution in [1.29, 1.82) is 0 Å². The van der Waals surface area contributed by atoms with Gasteiger partial charge in [0.2, 0.25) is 5.91 Å². The lowest BCUT2D eigenvalue weighted by Gasteiger charge is -2.26. The molecule has 1 heterocycles. The minimum Gasteiger partial charge on any atom is -0.341 e. The Hall–Kier alpha value is -2.11. The first kappa shape index (κ1) is 15.3. The average molecular weight is 293 g/mol. The first-order chi connectivity index (χ1) is 10.1. The molecule has 0 saturated carbocycles. The van der Waals surface area contributed by atoms with Gasteiger partial charge in [-0.05, 0) is 37.0 Å². The van der Waals surface area contributed by atoms with Crippen LogP contribution in [0.1, 0.15) is 24.8 Å². The minimum absolute atomic E-state index is 0.00918. The number of amides is 3. The summed E-state index contributed by atoms with van der Waals surface area (Å²) in [6.07, 6.45) is 3.22. The molecule has 5 nitrogen and oxygen atoms in total. The highest BCUT2D eigenvalue weighted by Crippen LogP contribution is 2.08. The number of carbonyl (C=O) groups is 2. The summed E-state index contributed by atoms with van der Waals surface area (Å²) >= 11 is 0. The van der Waals surface area contributed by atoms with Crippen LogP contribution >= 0.6 is 0 Å². The van der Waals surface area contributed by atoms with Crippen LogP contribution in [0.15, 0.2) is 24.3 Å². The number of benzene rings is 1. The molecule has 0 unspecified atom stereocenters. The summed E-state index contributed by atoms with van der Waals surface area (Å²) in [6.45, 7) is 1.86. The van der Waals surface area contributed by atoms with Gasteiger partial charge in [-0.2, -0.15) is 0 Å². The molecule has 1 fully saturated rings. The third-order valence-corrected chi connectivity index (χ3v) is 3.48. The van der Waals surface area contributed by atoms with Gasteiger partial charge in [0.05, 0.1) is 6.54 Å². The molecule has 0 aliphatic carbocycles. The van der Waals surface area contributed by atoms with Crippen LogP contribution in [0.5, 0.6) is 0 Å². The van der Waals surface area contributed by atoms with Crippen molar-refractivity contribution in [2.45, 2.75) is 25.8 Å². The van der Waals surface area contributed by atoms with E-state index in [1.165, 1.54) is 12.1 Å².